The number of rotatable bonds is 5. The van der Waals surface area contributed by atoms with Crippen LogP contribution in [0.5, 0.6) is 0 Å². The summed E-state index contributed by atoms with van der Waals surface area (Å²) in [6.45, 7) is 7.87. The summed E-state index contributed by atoms with van der Waals surface area (Å²) >= 11 is 0. The van der Waals surface area contributed by atoms with Gasteiger partial charge in [0.1, 0.15) is 0 Å². The van der Waals surface area contributed by atoms with Crippen molar-refractivity contribution in [2.45, 2.75) is 40.2 Å². The number of hydrogen-bond acceptors (Lipinski definition) is 2. The fraction of sp³-hybridized carbons (Fsp3) is 0.467. The van der Waals surface area contributed by atoms with Crippen molar-refractivity contribution in [1.82, 2.24) is 5.32 Å². The average molecular weight is 277 g/mol. The highest BCUT2D eigenvalue weighted by atomic mass is 16.2. The second-order valence-electron chi connectivity index (χ2n) is 5.11. The summed E-state index contributed by atoms with van der Waals surface area (Å²) in [7, 11) is 0. The van der Waals surface area contributed by atoms with Crippen LogP contribution in [-0.4, -0.2) is 18.0 Å². The molecule has 0 aliphatic carbocycles. The van der Waals surface area contributed by atoms with E-state index in [1.807, 2.05) is 6.92 Å². The Morgan fingerprint density at radius 3 is 1.95 bits per heavy atom. The van der Waals surface area contributed by atoms with Gasteiger partial charge in [-0.1, -0.05) is 20.8 Å². The van der Waals surface area contributed by atoms with E-state index in [4.69, 9.17) is 0 Å². The van der Waals surface area contributed by atoms with Gasteiger partial charge in [-0.3, -0.25) is 4.79 Å². The lowest BCUT2D eigenvalue weighted by atomic mass is 10.1. The van der Waals surface area contributed by atoms with E-state index in [1.165, 1.54) is 0 Å². The van der Waals surface area contributed by atoms with Gasteiger partial charge in [0.2, 0.25) is 5.91 Å². The van der Waals surface area contributed by atoms with Gasteiger partial charge in [0.25, 0.3) is 0 Å². The van der Waals surface area contributed by atoms with E-state index in [0.29, 0.717) is 18.0 Å². The number of amides is 3. The molecule has 0 aliphatic rings. The van der Waals surface area contributed by atoms with E-state index in [0.717, 1.165) is 5.69 Å². The van der Waals surface area contributed by atoms with Crippen LogP contribution in [0.1, 0.15) is 34.1 Å². The second kappa shape index (κ2) is 7.53. The molecule has 0 fully saturated rings. The van der Waals surface area contributed by atoms with Crippen LogP contribution in [0.4, 0.5) is 16.2 Å². The minimum absolute atomic E-state index is 0.0331. The van der Waals surface area contributed by atoms with E-state index < -0.39 is 0 Å². The fourth-order valence-corrected chi connectivity index (χ4v) is 1.43. The van der Waals surface area contributed by atoms with Crippen molar-refractivity contribution in [3.63, 3.8) is 0 Å². The molecule has 0 aliphatic heterocycles. The van der Waals surface area contributed by atoms with Crippen molar-refractivity contribution in [2.24, 2.45) is 5.92 Å². The molecule has 0 radical (unpaired) electrons. The molecule has 1 unspecified atom stereocenters. The van der Waals surface area contributed by atoms with Gasteiger partial charge >= 0.3 is 6.03 Å². The third-order valence-corrected chi connectivity index (χ3v) is 3.11. The Balaban J connectivity index is 2.53. The molecule has 1 aromatic rings. The maximum atomic E-state index is 11.7. The molecule has 20 heavy (non-hydrogen) atoms. The van der Waals surface area contributed by atoms with E-state index in [1.54, 1.807) is 31.2 Å². The van der Waals surface area contributed by atoms with Crippen LogP contribution < -0.4 is 16.0 Å². The van der Waals surface area contributed by atoms with E-state index in [2.05, 4.69) is 29.8 Å². The summed E-state index contributed by atoms with van der Waals surface area (Å²) in [6, 6.07) is 6.91. The maximum absolute atomic E-state index is 11.7. The minimum atomic E-state index is -0.225. The number of hydrogen-bond donors (Lipinski definition) is 3. The van der Waals surface area contributed by atoms with Crippen molar-refractivity contribution in [3.8, 4) is 0 Å². The molecule has 1 atom stereocenters. The number of urea groups is 1. The Hall–Kier alpha value is -2.04. The predicted molar refractivity (Wildman–Crippen MR) is 81.8 cm³/mol. The number of benzene rings is 1. The molecule has 110 valence electrons. The SMILES string of the molecule is CCC(=O)Nc1ccc(NC(=O)NC(C)C(C)C)cc1. The first-order chi connectivity index (χ1) is 9.42. The lowest BCUT2D eigenvalue weighted by Crippen LogP contribution is -2.38. The molecule has 0 saturated carbocycles. The van der Waals surface area contributed by atoms with Gasteiger partial charge in [-0.2, -0.15) is 0 Å². The van der Waals surface area contributed by atoms with Gasteiger partial charge in [0.05, 0.1) is 0 Å². The second-order valence-corrected chi connectivity index (χ2v) is 5.11. The molecular formula is C15H23N3O2. The van der Waals surface area contributed by atoms with Gasteiger partial charge in [0, 0.05) is 23.8 Å². The summed E-state index contributed by atoms with van der Waals surface area (Å²) in [5.41, 5.74) is 1.41. The summed E-state index contributed by atoms with van der Waals surface area (Å²) in [5.74, 6) is 0.349. The summed E-state index contributed by atoms with van der Waals surface area (Å²) in [5, 5.41) is 8.38. The molecule has 0 heterocycles. The zero-order chi connectivity index (χ0) is 15.1. The van der Waals surface area contributed by atoms with Crippen LogP contribution in [0, 0.1) is 5.92 Å². The van der Waals surface area contributed by atoms with Crippen molar-refractivity contribution in [2.75, 3.05) is 10.6 Å². The Bertz CT molecular complexity index is 455. The van der Waals surface area contributed by atoms with Gasteiger partial charge < -0.3 is 16.0 Å². The summed E-state index contributed by atoms with van der Waals surface area (Å²) < 4.78 is 0. The van der Waals surface area contributed by atoms with Gasteiger partial charge in [0.15, 0.2) is 0 Å². The first kappa shape index (κ1) is 16.0. The van der Waals surface area contributed by atoms with E-state index in [-0.39, 0.29) is 18.0 Å². The molecule has 0 saturated heterocycles. The lowest BCUT2D eigenvalue weighted by molar-refractivity contribution is -0.115. The van der Waals surface area contributed by atoms with Crippen molar-refractivity contribution < 1.29 is 9.59 Å². The van der Waals surface area contributed by atoms with Crippen LogP contribution in [-0.2, 0) is 4.79 Å². The third-order valence-electron chi connectivity index (χ3n) is 3.11. The molecule has 3 amide bonds. The Labute approximate surface area is 120 Å². The first-order valence-corrected chi connectivity index (χ1v) is 6.89. The summed E-state index contributed by atoms with van der Waals surface area (Å²) in [6.07, 6.45) is 0.440. The first-order valence-electron chi connectivity index (χ1n) is 6.89. The highest BCUT2D eigenvalue weighted by molar-refractivity contribution is 5.92. The Kier molecular flexibility index (Phi) is 6.03. The van der Waals surface area contributed by atoms with Crippen LogP contribution in [0.2, 0.25) is 0 Å². The normalized spacial score (nSPS) is 11.8. The van der Waals surface area contributed by atoms with Crippen molar-refractivity contribution in [3.05, 3.63) is 24.3 Å². The van der Waals surface area contributed by atoms with Gasteiger partial charge in [-0.25, -0.2) is 4.79 Å². The van der Waals surface area contributed by atoms with Gasteiger partial charge in [-0.05, 0) is 37.1 Å². The zero-order valence-electron chi connectivity index (χ0n) is 12.5. The topological polar surface area (TPSA) is 70.2 Å². The van der Waals surface area contributed by atoms with Crippen molar-refractivity contribution >= 4 is 23.3 Å². The van der Waals surface area contributed by atoms with Crippen molar-refractivity contribution in [1.29, 1.82) is 0 Å². The van der Waals surface area contributed by atoms with E-state index >= 15 is 0 Å². The average Bonchev–Trinajstić information content (AvgIpc) is 2.40. The molecule has 0 spiro atoms. The third kappa shape index (κ3) is 5.30. The van der Waals surface area contributed by atoms with Crippen LogP contribution in [0.3, 0.4) is 0 Å². The minimum Gasteiger partial charge on any atom is -0.335 e. The largest absolute Gasteiger partial charge is 0.335 e. The number of anilines is 2. The number of carbonyl (C=O) groups is 2. The summed E-state index contributed by atoms with van der Waals surface area (Å²) in [4.78, 5) is 23.0. The molecular weight excluding hydrogens is 254 g/mol. The fourth-order valence-electron chi connectivity index (χ4n) is 1.43. The Morgan fingerprint density at radius 1 is 1.00 bits per heavy atom. The molecule has 0 aromatic heterocycles. The van der Waals surface area contributed by atoms with Crippen LogP contribution in [0.15, 0.2) is 24.3 Å². The van der Waals surface area contributed by atoms with E-state index in [9.17, 15) is 9.59 Å². The zero-order valence-corrected chi connectivity index (χ0v) is 12.5. The molecule has 5 heteroatoms. The van der Waals surface area contributed by atoms with Crippen LogP contribution in [0.25, 0.3) is 0 Å². The molecule has 1 aromatic carbocycles. The Morgan fingerprint density at radius 2 is 1.50 bits per heavy atom. The standard InChI is InChI=1S/C15H23N3O2/c1-5-14(19)17-12-6-8-13(9-7-12)18-15(20)16-11(4)10(2)3/h6-11H,5H2,1-4H3,(H,17,19)(H2,16,18,20). The highest BCUT2D eigenvalue weighted by Gasteiger charge is 2.10. The monoisotopic (exact) mass is 277 g/mol. The van der Waals surface area contributed by atoms with Crippen LogP contribution >= 0.6 is 0 Å². The number of nitrogens with one attached hydrogen (secondary N) is 3. The highest BCUT2D eigenvalue weighted by Crippen LogP contribution is 2.13. The predicted octanol–water partition coefficient (Wildman–Crippen LogP) is 3.20. The molecule has 0 bridgehead atoms. The van der Waals surface area contributed by atoms with Gasteiger partial charge in [-0.15, -0.1) is 0 Å². The molecule has 5 nitrogen and oxygen atoms in total. The molecule has 1 rings (SSSR count). The number of carbonyl (C=O) groups excluding carboxylic acids is 2. The maximum Gasteiger partial charge on any atom is 0.319 e. The molecule has 3 N–H and O–H groups in total. The quantitative estimate of drug-likeness (QED) is 0.773. The smallest absolute Gasteiger partial charge is 0.319 e. The lowest BCUT2D eigenvalue weighted by Gasteiger charge is -2.17.